The van der Waals surface area contributed by atoms with Gasteiger partial charge in [0.25, 0.3) is 11.8 Å². The minimum absolute atomic E-state index is 0.0959. The van der Waals surface area contributed by atoms with Crippen LogP contribution in [-0.4, -0.2) is 72.6 Å². The van der Waals surface area contributed by atoms with Crippen LogP contribution in [0.1, 0.15) is 18.9 Å². The molecule has 2 aliphatic rings. The highest BCUT2D eigenvalue weighted by Gasteiger charge is 2.50. The number of hydrazine groups is 1. The van der Waals surface area contributed by atoms with Gasteiger partial charge in [-0.05, 0) is 31.0 Å². The number of methoxy groups -OCH3 is 1. The Labute approximate surface area is 190 Å². The van der Waals surface area contributed by atoms with Crippen molar-refractivity contribution in [1.29, 1.82) is 0 Å². The van der Waals surface area contributed by atoms with Gasteiger partial charge in [0.2, 0.25) is 0 Å². The van der Waals surface area contributed by atoms with Gasteiger partial charge in [-0.15, -0.1) is 11.3 Å². The Hall–Kier alpha value is -3.18. The molecule has 3 heterocycles. The molecule has 4 amide bonds. The van der Waals surface area contributed by atoms with E-state index in [1.54, 1.807) is 48.7 Å². The second-order valence-corrected chi connectivity index (χ2v) is 8.77. The van der Waals surface area contributed by atoms with Gasteiger partial charge < -0.3 is 15.0 Å². The summed E-state index contributed by atoms with van der Waals surface area (Å²) in [7, 11) is 1.53. The molecule has 2 aromatic rings. The molecule has 1 aromatic carbocycles. The molecule has 0 aliphatic carbocycles. The fourth-order valence-electron chi connectivity index (χ4n) is 3.93. The van der Waals surface area contributed by atoms with Crippen molar-refractivity contribution in [2.45, 2.75) is 18.9 Å². The van der Waals surface area contributed by atoms with Crippen LogP contribution in [0, 0.1) is 0 Å². The van der Waals surface area contributed by atoms with Crippen LogP contribution in [-0.2, 0) is 15.1 Å². The van der Waals surface area contributed by atoms with Crippen LogP contribution in [0.4, 0.5) is 9.93 Å². The molecular weight excluding hydrogens is 432 g/mol. The van der Waals surface area contributed by atoms with E-state index in [9.17, 15) is 14.4 Å². The van der Waals surface area contributed by atoms with E-state index in [2.05, 4.69) is 20.6 Å². The third-order valence-electron chi connectivity index (χ3n) is 5.72. The Morgan fingerprint density at radius 2 is 2.12 bits per heavy atom. The standard InChI is InChI=1S/C21H26N6O4S/c1-21(15-5-3-6-16(13-15)31-2)18(29)27(19(30)23-21)24-17(28)14-25-8-4-9-26(11-10-25)20-22-7-12-32-20/h3,5-7,12-13H,4,8-11,14H2,1-2H3,(H,23,30)(H,24,28). The molecule has 0 radical (unpaired) electrons. The molecule has 2 N–H and O–H groups in total. The summed E-state index contributed by atoms with van der Waals surface area (Å²) in [4.78, 5) is 46.8. The average molecular weight is 459 g/mol. The number of ether oxygens (including phenoxy) is 1. The number of urea groups is 1. The van der Waals surface area contributed by atoms with E-state index >= 15 is 0 Å². The number of amides is 4. The maximum atomic E-state index is 13.1. The van der Waals surface area contributed by atoms with Gasteiger partial charge in [0.05, 0.1) is 13.7 Å². The predicted octanol–water partition coefficient (Wildman–Crippen LogP) is 1.16. The van der Waals surface area contributed by atoms with E-state index in [-0.39, 0.29) is 6.54 Å². The molecule has 32 heavy (non-hydrogen) atoms. The number of carbonyl (C=O) groups excluding carboxylic acids is 3. The topological polar surface area (TPSA) is 107 Å². The first-order valence-corrected chi connectivity index (χ1v) is 11.3. The Morgan fingerprint density at radius 3 is 2.88 bits per heavy atom. The van der Waals surface area contributed by atoms with Gasteiger partial charge in [-0.1, -0.05) is 12.1 Å². The maximum Gasteiger partial charge on any atom is 0.344 e. The second kappa shape index (κ2) is 9.13. The number of carbonyl (C=O) groups is 3. The van der Waals surface area contributed by atoms with Crippen molar-refractivity contribution in [2.24, 2.45) is 0 Å². The third kappa shape index (κ3) is 4.39. The lowest BCUT2D eigenvalue weighted by Gasteiger charge is -2.24. The van der Waals surface area contributed by atoms with Crippen molar-refractivity contribution in [3.63, 3.8) is 0 Å². The number of anilines is 1. The van der Waals surface area contributed by atoms with Crippen molar-refractivity contribution in [2.75, 3.05) is 44.7 Å². The fourth-order valence-corrected chi connectivity index (χ4v) is 4.62. The lowest BCUT2D eigenvalue weighted by Crippen LogP contribution is -2.51. The van der Waals surface area contributed by atoms with Gasteiger partial charge in [-0.3, -0.25) is 19.9 Å². The molecular formula is C21H26N6O4S. The molecule has 1 atom stereocenters. The number of imide groups is 1. The fraction of sp³-hybridized carbons (Fsp3) is 0.429. The summed E-state index contributed by atoms with van der Waals surface area (Å²) in [5, 5.41) is 6.37. The molecule has 0 bridgehead atoms. The van der Waals surface area contributed by atoms with E-state index < -0.39 is 23.4 Å². The van der Waals surface area contributed by atoms with Crippen molar-refractivity contribution in [3.8, 4) is 5.75 Å². The molecule has 0 spiro atoms. The van der Waals surface area contributed by atoms with E-state index in [0.717, 1.165) is 36.2 Å². The summed E-state index contributed by atoms with van der Waals surface area (Å²) >= 11 is 1.60. The molecule has 4 rings (SSSR count). The molecule has 10 nitrogen and oxygen atoms in total. The van der Waals surface area contributed by atoms with E-state index in [4.69, 9.17) is 4.74 Å². The molecule has 170 valence electrons. The summed E-state index contributed by atoms with van der Waals surface area (Å²) in [6.07, 6.45) is 2.68. The van der Waals surface area contributed by atoms with Crippen LogP contribution in [0.3, 0.4) is 0 Å². The number of hydrogen-bond donors (Lipinski definition) is 2. The second-order valence-electron chi connectivity index (χ2n) is 7.89. The SMILES string of the molecule is COc1cccc(C2(C)NC(=O)N(NC(=O)CN3CCCN(c4nccs4)CC3)C2=O)c1. The number of rotatable bonds is 6. The number of hydrogen-bond acceptors (Lipinski definition) is 8. The first-order valence-electron chi connectivity index (χ1n) is 10.4. The van der Waals surface area contributed by atoms with Crippen molar-refractivity contribution < 1.29 is 19.1 Å². The normalized spacial score (nSPS) is 21.9. The summed E-state index contributed by atoms with van der Waals surface area (Å²) < 4.78 is 5.22. The van der Waals surface area contributed by atoms with Crippen molar-refractivity contribution in [3.05, 3.63) is 41.4 Å². The van der Waals surface area contributed by atoms with Crippen LogP contribution in [0.25, 0.3) is 0 Å². The van der Waals surface area contributed by atoms with Gasteiger partial charge in [0.1, 0.15) is 11.3 Å². The molecule has 1 unspecified atom stereocenters. The monoisotopic (exact) mass is 458 g/mol. The first-order chi connectivity index (χ1) is 15.4. The molecule has 0 saturated carbocycles. The van der Waals surface area contributed by atoms with E-state index in [0.29, 0.717) is 17.9 Å². The van der Waals surface area contributed by atoms with E-state index in [1.165, 1.54) is 7.11 Å². The number of thiazole rings is 1. The maximum absolute atomic E-state index is 13.1. The highest BCUT2D eigenvalue weighted by Crippen LogP contribution is 2.30. The number of nitrogens with zero attached hydrogens (tertiary/aromatic N) is 4. The lowest BCUT2D eigenvalue weighted by molar-refractivity contribution is -0.139. The Bertz CT molecular complexity index is 1000. The zero-order chi connectivity index (χ0) is 22.7. The van der Waals surface area contributed by atoms with Gasteiger partial charge >= 0.3 is 6.03 Å². The van der Waals surface area contributed by atoms with Crippen molar-refractivity contribution in [1.82, 2.24) is 25.6 Å². The summed E-state index contributed by atoms with van der Waals surface area (Å²) in [5.41, 5.74) is 1.75. The van der Waals surface area contributed by atoms with Gasteiger partial charge in [0, 0.05) is 37.8 Å². The first kappa shape index (κ1) is 22.0. The minimum atomic E-state index is -1.30. The Balaban J connectivity index is 1.37. The molecule has 2 fully saturated rings. The van der Waals surface area contributed by atoms with Crippen LogP contribution in [0.5, 0.6) is 5.75 Å². The molecule has 2 aliphatic heterocycles. The van der Waals surface area contributed by atoms with E-state index in [1.807, 2.05) is 10.3 Å². The van der Waals surface area contributed by atoms with Gasteiger partial charge in [0.15, 0.2) is 5.13 Å². The summed E-state index contributed by atoms with van der Waals surface area (Å²) in [6.45, 7) is 4.77. The number of nitrogens with one attached hydrogen (secondary N) is 2. The smallest absolute Gasteiger partial charge is 0.344 e. The third-order valence-corrected chi connectivity index (χ3v) is 6.55. The highest BCUT2D eigenvalue weighted by atomic mass is 32.1. The largest absolute Gasteiger partial charge is 0.497 e. The quantitative estimate of drug-likeness (QED) is 0.626. The summed E-state index contributed by atoms with van der Waals surface area (Å²) in [5.74, 6) is -0.387. The number of aromatic nitrogens is 1. The minimum Gasteiger partial charge on any atom is -0.497 e. The molecule has 1 aromatic heterocycles. The Morgan fingerprint density at radius 1 is 1.28 bits per heavy atom. The average Bonchev–Trinajstić information content (AvgIpc) is 3.32. The van der Waals surface area contributed by atoms with Gasteiger partial charge in [-0.2, -0.15) is 5.01 Å². The predicted molar refractivity (Wildman–Crippen MR) is 119 cm³/mol. The van der Waals surface area contributed by atoms with Crippen LogP contribution >= 0.6 is 11.3 Å². The van der Waals surface area contributed by atoms with Crippen LogP contribution < -0.4 is 20.4 Å². The zero-order valence-corrected chi connectivity index (χ0v) is 18.9. The molecule has 11 heteroatoms. The lowest BCUT2D eigenvalue weighted by atomic mass is 9.92. The highest BCUT2D eigenvalue weighted by molar-refractivity contribution is 7.13. The molecule has 2 saturated heterocycles. The van der Waals surface area contributed by atoms with Gasteiger partial charge in [-0.25, -0.2) is 9.78 Å². The summed E-state index contributed by atoms with van der Waals surface area (Å²) in [6, 6.07) is 6.25. The number of benzene rings is 1. The van der Waals surface area contributed by atoms with Crippen LogP contribution in [0.2, 0.25) is 0 Å². The Kier molecular flexibility index (Phi) is 6.28. The zero-order valence-electron chi connectivity index (χ0n) is 18.0. The van der Waals surface area contributed by atoms with Crippen molar-refractivity contribution >= 4 is 34.3 Å². The van der Waals surface area contributed by atoms with Crippen LogP contribution in [0.15, 0.2) is 35.8 Å².